The molecule has 0 saturated carbocycles. The third kappa shape index (κ3) is 2.84. The summed E-state index contributed by atoms with van der Waals surface area (Å²) in [6.07, 6.45) is 0.988. The lowest BCUT2D eigenvalue weighted by Crippen LogP contribution is -2.14. The number of carbonyl (C=O) groups is 2. The van der Waals surface area contributed by atoms with Gasteiger partial charge in [0, 0.05) is 18.2 Å². The number of hydrogen-bond acceptors (Lipinski definition) is 5. The zero-order valence-corrected chi connectivity index (χ0v) is 11.1. The predicted octanol–water partition coefficient (Wildman–Crippen LogP) is 0.687. The van der Waals surface area contributed by atoms with Gasteiger partial charge < -0.3 is 10.1 Å². The minimum Gasteiger partial charge on any atom is -0.457 e. The summed E-state index contributed by atoms with van der Waals surface area (Å²) in [5.74, 6) is -0.904. The number of benzene rings is 1. The number of hydrogen-bond donors (Lipinski definition) is 2. The Morgan fingerprint density at radius 1 is 1.32 bits per heavy atom. The van der Waals surface area contributed by atoms with Crippen LogP contribution in [0.4, 0.5) is 11.4 Å². The number of ether oxygens (including phenoxy) is 1. The zero-order chi connectivity index (χ0) is 14.2. The molecule has 8 heteroatoms. The average molecular weight is 284 g/mol. The van der Waals surface area contributed by atoms with Gasteiger partial charge in [0.2, 0.25) is 15.9 Å². The number of sulfonamides is 1. The summed E-state index contributed by atoms with van der Waals surface area (Å²) in [6, 6.07) is 2.94. The van der Waals surface area contributed by atoms with Gasteiger partial charge in [0.15, 0.2) is 0 Å². The van der Waals surface area contributed by atoms with Gasteiger partial charge in [0.05, 0.1) is 17.5 Å². The van der Waals surface area contributed by atoms with Crippen LogP contribution in [0, 0.1) is 0 Å². The quantitative estimate of drug-likeness (QED) is 0.795. The number of fused-ring (bicyclic) bond motifs is 1. The van der Waals surface area contributed by atoms with Crippen molar-refractivity contribution in [2.45, 2.75) is 13.5 Å². The summed E-state index contributed by atoms with van der Waals surface area (Å²) >= 11 is 0. The van der Waals surface area contributed by atoms with E-state index in [1.54, 1.807) is 0 Å². The van der Waals surface area contributed by atoms with E-state index in [1.165, 1.54) is 19.1 Å². The van der Waals surface area contributed by atoms with E-state index in [9.17, 15) is 18.0 Å². The maximum absolute atomic E-state index is 11.6. The molecular formula is C11H12N2O5S. The molecule has 19 heavy (non-hydrogen) atoms. The Bertz CT molecular complexity index is 666. The largest absolute Gasteiger partial charge is 0.457 e. The average Bonchev–Trinajstić information content (AvgIpc) is 2.62. The van der Waals surface area contributed by atoms with Crippen LogP contribution < -0.4 is 10.0 Å². The van der Waals surface area contributed by atoms with Crippen LogP contribution in [0.25, 0.3) is 0 Å². The number of amides is 1. The summed E-state index contributed by atoms with van der Waals surface area (Å²) in [7, 11) is -3.50. The van der Waals surface area contributed by atoms with Crippen molar-refractivity contribution in [1.82, 2.24) is 0 Å². The van der Waals surface area contributed by atoms with E-state index < -0.39 is 16.0 Å². The molecule has 0 bridgehead atoms. The number of esters is 1. The predicted molar refractivity (Wildman–Crippen MR) is 68.3 cm³/mol. The second kappa shape index (κ2) is 4.54. The van der Waals surface area contributed by atoms with Crippen LogP contribution in [0.3, 0.4) is 0 Å². The Hall–Kier alpha value is -2.09. The zero-order valence-electron chi connectivity index (χ0n) is 10.3. The number of anilines is 2. The van der Waals surface area contributed by atoms with Crippen molar-refractivity contribution in [3.8, 4) is 0 Å². The summed E-state index contributed by atoms with van der Waals surface area (Å²) < 4.78 is 29.6. The molecule has 0 radical (unpaired) electrons. The topological polar surface area (TPSA) is 102 Å². The highest BCUT2D eigenvalue weighted by atomic mass is 32.2. The smallest absolute Gasteiger partial charge is 0.341 e. The van der Waals surface area contributed by atoms with E-state index in [4.69, 9.17) is 4.74 Å². The van der Waals surface area contributed by atoms with E-state index in [1.807, 2.05) is 0 Å². The van der Waals surface area contributed by atoms with Gasteiger partial charge in [-0.1, -0.05) is 0 Å². The highest BCUT2D eigenvalue weighted by Crippen LogP contribution is 2.33. The first kappa shape index (κ1) is 13.3. The third-order valence-electron chi connectivity index (χ3n) is 2.47. The number of rotatable bonds is 3. The van der Waals surface area contributed by atoms with Gasteiger partial charge in [-0.3, -0.25) is 9.52 Å². The van der Waals surface area contributed by atoms with Gasteiger partial charge in [-0.15, -0.1) is 0 Å². The SMILES string of the molecule is CC(=O)Nc1ccc(NS(C)(=O)=O)c2c1COC2=O. The first-order chi connectivity index (χ1) is 8.78. The van der Waals surface area contributed by atoms with Crippen molar-refractivity contribution in [1.29, 1.82) is 0 Å². The molecule has 1 amide bonds. The fourth-order valence-electron chi connectivity index (χ4n) is 1.83. The number of carbonyl (C=O) groups excluding carboxylic acids is 2. The van der Waals surface area contributed by atoms with Gasteiger partial charge in [0.1, 0.15) is 6.61 Å². The lowest BCUT2D eigenvalue weighted by Gasteiger charge is -2.11. The first-order valence-corrected chi connectivity index (χ1v) is 7.25. The molecule has 0 aliphatic carbocycles. The van der Waals surface area contributed by atoms with Crippen molar-refractivity contribution < 1.29 is 22.7 Å². The van der Waals surface area contributed by atoms with Gasteiger partial charge in [-0.05, 0) is 12.1 Å². The summed E-state index contributed by atoms with van der Waals surface area (Å²) in [6.45, 7) is 1.34. The Balaban J connectivity index is 2.52. The van der Waals surface area contributed by atoms with Crippen molar-refractivity contribution in [2.75, 3.05) is 16.3 Å². The Kier molecular flexibility index (Phi) is 3.19. The van der Waals surface area contributed by atoms with Crippen LogP contribution >= 0.6 is 0 Å². The molecule has 0 saturated heterocycles. The molecule has 0 unspecified atom stereocenters. The first-order valence-electron chi connectivity index (χ1n) is 5.36. The molecule has 0 atom stereocenters. The van der Waals surface area contributed by atoms with Gasteiger partial charge in [-0.25, -0.2) is 13.2 Å². The standard InChI is InChI=1S/C11H12N2O5S/c1-6(14)12-8-3-4-9(13-19(2,16)17)10-7(8)5-18-11(10)15/h3-4,13H,5H2,1-2H3,(H,12,14). The summed E-state index contributed by atoms with van der Waals surface area (Å²) in [5.41, 5.74) is 1.19. The van der Waals surface area contributed by atoms with Gasteiger partial charge in [-0.2, -0.15) is 0 Å². The van der Waals surface area contributed by atoms with Crippen LogP contribution in [0.1, 0.15) is 22.8 Å². The highest BCUT2D eigenvalue weighted by molar-refractivity contribution is 7.92. The molecule has 1 aliphatic heterocycles. The Morgan fingerprint density at radius 3 is 2.53 bits per heavy atom. The highest BCUT2D eigenvalue weighted by Gasteiger charge is 2.28. The van der Waals surface area contributed by atoms with Gasteiger partial charge in [0.25, 0.3) is 0 Å². The molecule has 0 spiro atoms. The van der Waals surface area contributed by atoms with E-state index in [-0.39, 0.29) is 23.8 Å². The molecular weight excluding hydrogens is 272 g/mol. The van der Waals surface area contributed by atoms with E-state index in [2.05, 4.69) is 10.0 Å². The molecule has 102 valence electrons. The van der Waals surface area contributed by atoms with Crippen LogP contribution in [0.5, 0.6) is 0 Å². The number of cyclic esters (lactones) is 1. The number of nitrogens with one attached hydrogen (secondary N) is 2. The molecule has 1 heterocycles. The van der Waals surface area contributed by atoms with Crippen molar-refractivity contribution >= 4 is 33.3 Å². The Labute approximate surface area is 110 Å². The van der Waals surface area contributed by atoms with Crippen LogP contribution in [0.2, 0.25) is 0 Å². The maximum atomic E-state index is 11.6. The summed E-state index contributed by atoms with van der Waals surface area (Å²) in [5, 5.41) is 2.57. The monoisotopic (exact) mass is 284 g/mol. The van der Waals surface area contributed by atoms with E-state index in [0.29, 0.717) is 11.3 Å². The van der Waals surface area contributed by atoms with Crippen molar-refractivity contribution in [3.63, 3.8) is 0 Å². The van der Waals surface area contributed by atoms with Crippen molar-refractivity contribution in [3.05, 3.63) is 23.3 Å². The maximum Gasteiger partial charge on any atom is 0.341 e. The van der Waals surface area contributed by atoms with Gasteiger partial charge >= 0.3 is 5.97 Å². The minimum absolute atomic E-state index is 0.00304. The molecule has 0 fully saturated rings. The van der Waals surface area contributed by atoms with Crippen LogP contribution in [-0.2, 0) is 26.2 Å². The Morgan fingerprint density at radius 2 is 1.95 bits per heavy atom. The third-order valence-corrected chi connectivity index (χ3v) is 3.06. The minimum atomic E-state index is -3.50. The lowest BCUT2D eigenvalue weighted by molar-refractivity contribution is -0.114. The normalized spacial score (nSPS) is 13.7. The molecule has 1 aliphatic rings. The van der Waals surface area contributed by atoms with Crippen LogP contribution in [-0.4, -0.2) is 26.6 Å². The second-order valence-corrected chi connectivity index (χ2v) is 5.89. The summed E-state index contributed by atoms with van der Waals surface area (Å²) in [4.78, 5) is 22.7. The van der Waals surface area contributed by atoms with Crippen molar-refractivity contribution in [2.24, 2.45) is 0 Å². The lowest BCUT2D eigenvalue weighted by atomic mass is 10.1. The van der Waals surface area contributed by atoms with E-state index >= 15 is 0 Å². The molecule has 1 aromatic carbocycles. The second-order valence-electron chi connectivity index (χ2n) is 4.15. The molecule has 1 aromatic rings. The van der Waals surface area contributed by atoms with E-state index in [0.717, 1.165) is 6.26 Å². The molecule has 2 rings (SSSR count). The molecule has 2 N–H and O–H groups in total. The van der Waals surface area contributed by atoms with Crippen LogP contribution in [0.15, 0.2) is 12.1 Å². The fraction of sp³-hybridized carbons (Fsp3) is 0.273. The fourth-order valence-corrected chi connectivity index (χ4v) is 2.40. The molecule has 7 nitrogen and oxygen atoms in total. The molecule has 0 aromatic heterocycles.